The van der Waals surface area contributed by atoms with Crippen LogP contribution < -0.4 is 10.1 Å². The highest BCUT2D eigenvalue weighted by molar-refractivity contribution is 5.93. The molecule has 1 atom stereocenters. The maximum absolute atomic E-state index is 12.4. The molecule has 29 heavy (non-hydrogen) atoms. The van der Waals surface area contributed by atoms with E-state index in [0.717, 1.165) is 27.9 Å². The van der Waals surface area contributed by atoms with E-state index in [0.29, 0.717) is 11.6 Å². The van der Waals surface area contributed by atoms with E-state index in [-0.39, 0.29) is 5.91 Å². The maximum Gasteiger partial charge on any atom is 0.266 e. The molecule has 0 aliphatic carbocycles. The lowest BCUT2D eigenvalue weighted by Crippen LogP contribution is -2.30. The SMILES string of the molecule is Cc1cccnc1NC(=O)[C@@H](C)Oc1ccc(-c2cnc3ccccc3n2)cc1. The molecule has 4 aromatic rings. The Kier molecular flexibility index (Phi) is 5.16. The summed E-state index contributed by atoms with van der Waals surface area (Å²) in [4.78, 5) is 25.7. The van der Waals surface area contributed by atoms with Gasteiger partial charge in [-0.1, -0.05) is 18.2 Å². The first-order valence-corrected chi connectivity index (χ1v) is 9.31. The molecule has 6 nitrogen and oxygen atoms in total. The fourth-order valence-corrected chi connectivity index (χ4v) is 2.89. The topological polar surface area (TPSA) is 77.0 Å². The second-order valence-electron chi connectivity index (χ2n) is 6.69. The van der Waals surface area contributed by atoms with Gasteiger partial charge in [0.05, 0.1) is 22.9 Å². The Morgan fingerprint density at radius 2 is 1.72 bits per heavy atom. The lowest BCUT2D eigenvalue weighted by atomic mass is 10.1. The van der Waals surface area contributed by atoms with Crippen LogP contribution in [0.15, 0.2) is 73.1 Å². The number of fused-ring (bicyclic) bond motifs is 1. The van der Waals surface area contributed by atoms with Crippen molar-refractivity contribution in [3.63, 3.8) is 0 Å². The molecule has 0 aliphatic heterocycles. The number of benzene rings is 2. The van der Waals surface area contributed by atoms with Crippen molar-refractivity contribution >= 4 is 22.8 Å². The van der Waals surface area contributed by atoms with E-state index in [1.807, 2.05) is 67.6 Å². The molecule has 1 N–H and O–H groups in total. The van der Waals surface area contributed by atoms with Gasteiger partial charge in [-0.05, 0) is 61.9 Å². The predicted octanol–water partition coefficient (Wildman–Crippen LogP) is 4.41. The lowest BCUT2D eigenvalue weighted by molar-refractivity contribution is -0.122. The molecular weight excluding hydrogens is 364 g/mol. The summed E-state index contributed by atoms with van der Waals surface area (Å²) in [6, 6.07) is 18.9. The molecule has 0 radical (unpaired) electrons. The maximum atomic E-state index is 12.4. The molecule has 0 unspecified atom stereocenters. The van der Waals surface area contributed by atoms with Gasteiger partial charge in [-0.15, -0.1) is 0 Å². The fourth-order valence-electron chi connectivity index (χ4n) is 2.89. The van der Waals surface area contributed by atoms with Gasteiger partial charge in [-0.3, -0.25) is 9.78 Å². The van der Waals surface area contributed by atoms with E-state index in [4.69, 9.17) is 4.74 Å². The van der Waals surface area contributed by atoms with Crippen LogP contribution in [0.4, 0.5) is 5.82 Å². The Labute approximate surface area is 168 Å². The minimum absolute atomic E-state index is 0.253. The van der Waals surface area contributed by atoms with Crippen LogP contribution in [0.5, 0.6) is 5.75 Å². The Bertz CT molecular complexity index is 1160. The summed E-state index contributed by atoms with van der Waals surface area (Å²) in [5.74, 6) is 0.886. The van der Waals surface area contributed by atoms with Gasteiger partial charge in [-0.25, -0.2) is 9.97 Å². The smallest absolute Gasteiger partial charge is 0.266 e. The number of aromatic nitrogens is 3. The number of rotatable bonds is 5. The third-order valence-corrected chi connectivity index (χ3v) is 4.53. The van der Waals surface area contributed by atoms with Crippen molar-refractivity contribution in [1.82, 2.24) is 15.0 Å². The van der Waals surface area contributed by atoms with Gasteiger partial charge < -0.3 is 10.1 Å². The zero-order valence-electron chi connectivity index (χ0n) is 16.2. The lowest BCUT2D eigenvalue weighted by Gasteiger charge is -2.15. The third kappa shape index (κ3) is 4.21. The van der Waals surface area contributed by atoms with Gasteiger partial charge in [-0.2, -0.15) is 0 Å². The van der Waals surface area contributed by atoms with E-state index >= 15 is 0 Å². The molecular formula is C23H20N4O2. The number of pyridine rings is 1. The summed E-state index contributed by atoms with van der Waals surface area (Å²) in [6.45, 7) is 3.60. The van der Waals surface area contributed by atoms with Crippen LogP contribution in [0.2, 0.25) is 0 Å². The second-order valence-corrected chi connectivity index (χ2v) is 6.69. The van der Waals surface area contributed by atoms with Gasteiger partial charge in [0, 0.05) is 11.8 Å². The molecule has 4 rings (SSSR count). The zero-order chi connectivity index (χ0) is 20.2. The molecule has 0 saturated heterocycles. The van der Waals surface area contributed by atoms with E-state index in [9.17, 15) is 4.79 Å². The normalized spacial score (nSPS) is 11.8. The van der Waals surface area contributed by atoms with Crippen LogP contribution in [0, 0.1) is 6.92 Å². The number of carbonyl (C=O) groups excluding carboxylic acids is 1. The van der Waals surface area contributed by atoms with E-state index in [2.05, 4.69) is 20.3 Å². The first-order chi connectivity index (χ1) is 14.1. The van der Waals surface area contributed by atoms with Gasteiger partial charge >= 0.3 is 0 Å². The van der Waals surface area contributed by atoms with Gasteiger partial charge in [0.15, 0.2) is 6.10 Å². The summed E-state index contributed by atoms with van der Waals surface area (Å²) in [5, 5.41) is 2.79. The highest BCUT2D eigenvalue weighted by atomic mass is 16.5. The van der Waals surface area contributed by atoms with Gasteiger partial charge in [0.1, 0.15) is 11.6 Å². The number of anilines is 1. The summed E-state index contributed by atoms with van der Waals surface area (Å²) in [5.41, 5.74) is 4.32. The van der Waals surface area contributed by atoms with Crippen molar-refractivity contribution in [1.29, 1.82) is 0 Å². The second kappa shape index (κ2) is 8.06. The molecule has 0 spiro atoms. The first-order valence-electron chi connectivity index (χ1n) is 9.31. The van der Waals surface area contributed by atoms with Crippen molar-refractivity contribution in [2.45, 2.75) is 20.0 Å². The van der Waals surface area contributed by atoms with Crippen molar-refractivity contribution in [2.75, 3.05) is 5.32 Å². The number of para-hydroxylation sites is 2. The average Bonchev–Trinajstić information content (AvgIpc) is 2.75. The largest absolute Gasteiger partial charge is 0.481 e. The monoisotopic (exact) mass is 384 g/mol. The molecule has 0 aliphatic rings. The van der Waals surface area contributed by atoms with Crippen molar-refractivity contribution in [3.05, 3.63) is 78.6 Å². The Hall–Kier alpha value is -3.80. The number of nitrogens with zero attached hydrogens (tertiary/aromatic N) is 3. The zero-order valence-corrected chi connectivity index (χ0v) is 16.2. The quantitative estimate of drug-likeness (QED) is 0.552. The van der Waals surface area contributed by atoms with Crippen LogP contribution in [0.1, 0.15) is 12.5 Å². The fraction of sp³-hybridized carbons (Fsp3) is 0.130. The standard InChI is InChI=1S/C23H20N4O2/c1-15-6-5-13-24-22(15)27-23(28)16(2)29-18-11-9-17(10-12-18)21-14-25-19-7-3-4-8-20(19)26-21/h3-14,16H,1-2H3,(H,24,27,28)/t16-/m1/s1. The first kappa shape index (κ1) is 18.6. The van der Waals surface area contributed by atoms with Gasteiger partial charge in [0.25, 0.3) is 5.91 Å². The Balaban J connectivity index is 1.44. The third-order valence-electron chi connectivity index (χ3n) is 4.53. The number of nitrogens with one attached hydrogen (secondary N) is 1. The van der Waals surface area contributed by atoms with E-state index in [1.54, 1.807) is 19.3 Å². The van der Waals surface area contributed by atoms with Crippen LogP contribution in [0.3, 0.4) is 0 Å². The summed E-state index contributed by atoms with van der Waals surface area (Å²) in [7, 11) is 0. The van der Waals surface area contributed by atoms with E-state index < -0.39 is 6.10 Å². The molecule has 6 heteroatoms. The number of hydrogen-bond acceptors (Lipinski definition) is 5. The van der Waals surface area contributed by atoms with Crippen molar-refractivity contribution < 1.29 is 9.53 Å². The van der Waals surface area contributed by atoms with Crippen LogP contribution in [-0.4, -0.2) is 27.0 Å². The Morgan fingerprint density at radius 3 is 2.48 bits per heavy atom. The van der Waals surface area contributed by atoms with Gasteiger partial charge in [0.2, 0.25) is 0 Å². The number of ether oxygens (including phenoxy) is 1. The molecule has 0 saturated carbocycles. The minimum Gasteiger partial charge on any atom is -0.481 e. The molecule has 0 bridgehead atoms. The molecule has 2 aromatic heterocycles. The number of aryl methyl sites for hydroxylation is 1. The van der Waals surface area contributed by atoms with Crippen molar-refractivity contribution in [2.24, 2.45) is 0 Å². The Morgan fingerprint density at radius 1 is 0.966 bits per heavy atom. The molecule has 0 fully saturated rings. The summed E-state index contributed by atoms with van der Waals surface area (Å²) in [6.07, 6.45) is 2.73. The summed E-state index contributed by atoms with van der Waals surface area (Å²) < 4.78 is 5.77. The molecule has 1 amide bonds. The molecule has 2 heterocycles. The molecule has 144 valence electrons. The summed E-state index contributed by atoms with van der Waals surface area (Å²) >= 11 is 0. The van der Waals surface area contributed by atoms with Crippen LogP contribution in [-0.2, 0) is 4.79 Å². The van der Waals surface area contributed by atoms with E-state index in [1.165, 1.54) is 0 Å². The highest BCUT2D eigenvalue weighted by Crippen LogP contribution is 2.23. The highest BCUT2D eigenvalue weighted by Gasteiger charge is 2.16. The minimum atomic E-state index is -0.664. The van der Waals surface area contributed by atoms with Crippen LogP contribution >= 0.6 is 0 Å². The predicted molar refractivity (Wildman–Crippen MR) is 113 cm³/mol. The van der Waals surface area contributed by atoms with Crippen LogP contribution in [0.25, 0.3) is 22.3 Å². The number of amides is 1. The number of hydrogen-bond donors (Lipinski definition) is 1. The molecule has 2 aromatic carbocycles. The average molecular weight is 384 g/mol. The van der Waals surface area contributed by atoms with Crippen molar-refractivity contribution in [3.8, 4) is 17.0 Å². The number of carbonyl (C=O) groups is 1.